The fourth-order valence-electron chi connectivity index (χ4n) is 2.26. The fourth-order valence-corrected chi connectivity index (χ4v) is 2.26. The van der Waals surface area contributed by atoms with E-state index in [0.29, 0.717) is 19.6 Å². The SMILES string of the molecule is COCCOC1C(N)CC1Oc1cc(C)ccc1[N+](=O)[O-]. The van der Waals surface area contributed by atoms with Gasteiger partial charge in [0.05, 0.1) is 18.1 Å². The molecule has 0 bridgehead atoms. The average molecular weight is 296 g/mol. The Labute approximate surface area is 123 Å². The van der Waals surface area contributed by atoms with E-state index in [0.717, 1.165) is 5.56 Å². The van der Waals surface area contributed by atoms with Crippen LogP contribution in [0.2, 0.25) is 0 Å². The van der Waals surface area contributed by atoms with Gasteiger partial charge in [0.25, 0.3) is 0 Å². The van der Waals surface area contributed by atoms with Gasteiger partial charge in [-0.15, -0.1) is 0 Å². The fraction of sp³-hybridized carbons (Fsp3) is 0.571. The third kappa shape index (κ3) is 3.69. The molecule has 0 aromatic heterocycles. The summed E-state index contributed by atoms with van der Waals surface area (Å²) in [6, 6.07) is 4.68. The molecule has 2 N–H and O–H groups in total. The second-order valence-electron chi connectivity index (χ2n) is 5.11. The zero-order valence-corrected chi connectivity index (χ0v) is 12.2. The molecule has 1 aliphatic rings. The van der Waals surface area contributed by atoms with Crippen molar-refractivity contribution in [2.45, 2.75) is 31.6 Å². The highest BCUT2D eigenvalue weighted by molar-refractivity contribution is 5.48. The van der Waals surface area contributed by atoms with Gasteiger partial charge in [-0.2, -0.15) is 0 Å². The maximum absolute atomic E-state index is 11.0. The quantitative estimate of drug-likeness (QED) is 0.464. The smallest absolute Gasteiger partial charge is 0.310 e. The number of nitrogens with two attached hydrogens (primary N) is 1. The Hall–Kier alpha value is -1.70. The minimum Gasteiger partial charge on any atom is -0.481 e. The van der Waals surface area contributed by atoms with Crippen LogP contribution in [-0.2, 0) is 9.47 Å². The van der Waals surface area contributed by atoms with Crippen molar-refractivity contribution in [3.63, 3.8) is 0 Å². The number of aryl methyl sites for hydroxylation is 1. The number of nitrogens with zero attached hydrogens (tertiary/aromatic N) is 1. The van der Waals surface area contributed by atoms with Crippen molar-refractivity contribution >= 4 is 5.69 Å². The van der Waals surface area contributed by atoms with Crippen molar-refractivity contribution < 1.29 is 19.1 Å². The van der Waals surface area contributed by atoms with Crippen molar-refractivity contribution in [2.75, 3.05) is 20.3 Å². The molecule has 2 rings (SSSR count). The number of ether oxygens (including phenoxy) is 3. The van der Waals surface area contributed by atoms with Crippen molar-refractivity contribution in [1.29, 1.82) is 0 Å². The van der Waals surface area contributed by atoms with Gasteiger partial charge >= 0.3 is 5.69 Å². The largest absolute Gasteiger partial charge is 0.481 e. The molecule has 1 aromatic carbocycles. The highest BCUT2D eigenvalue weighted by atomic mass is 16.6. The molecule has 0 saturated heterocycles. The lowest BCUT2D eigenvalue weighted by Gasteiger charge is -2.41. The zero-order chi connectivity index (χ0) is 15.4. The summed E-state index contributed by atoms with van der Waals surface area (Å²) in [5, 5.41) is 11.0. The first-order valence-corrected chi connectivity index (χ1v) is 6.80. The molecule has 1 aliphatic carbocycles. The third-order valence-corrected chi connectivity index (χ3v) is 3.48. The number of hydrogen-bond donors (Lipinski definition) is 1. The van der Waals surface area contributed by atoms with Crippen LogP contribution in [0.1, 0.15) is 12.0 Å². The molecular weight excluding hydrogens is 276 g/mol. The summed E-state index contributed by atoms with van der Waals surface area (Å²) in [5.74, 6) is 0.261. The van der Waals surface area contributed by atoms with Crippen molar-refractivity contribution in [3.8, 4) is 5.75 Å². The lowest BCUT2D eigenvalue weighted by Crippen LogP contribution is -2.59. The molecule has 0 amide bonds. The summed E-state index contributed by atoms with van der Waals surface area (Å²) in [6.07, 6.45) is 0.0839. The highest BCUT2D eigenvalue weighted by Gasteiger charge is 2.42. The molecule has 7 nitrogen and oxygen atoms in total. The topological polar surface area (TPSA) is 96.9 Å². The lowest BCUT2D eigenvalue weighted by molar-refractivity contribution is -0.386. The molecule has 116 valence electrons. The monoisotopic (exact) mass is 296 g/mol. The number of methoxy groups -OCH3 is 1. The van der Waals surface area contributed by atoms with Gasteiger partial charge in [-0.25, -0.2) is 0 Å². The van der Waals surface area contributed by atoms with Crippen LogP contribution in [-0.4, -0.2) is 43.5 Å². The maximum atomic E-state index is 11.0. The van der Waals surface area contributed by atoms with Gasteiger partial charge in [-0.1, -0.05) is 6.07 Å². The lowest BCUT2D eigenvalue weighted by atomic mass is 9.86. The second kappa shape index (κ2) is 6.84. The Kier molecular flexibility index (Phi) is 5.11. The minimum atomic E-state index is -0.450. The molecule has 3 atom stereocenters. The van der Waals surface area contributed by atoms with Crippen LogP contribution in [0.15, 0.2) is 18.2 Å². The van der Waals surface area contributed by atoms with E-state index in [2.05, 4.69) is 0 Å². The van der Waals surface area contributed by atoms with Gasteiger partial charge < -0.3 is 19.9 Å². The van der Waals surface area contributed by atoms with Crippen LogP contribution in [0.5, 0.6) is 5.75 Å². The minimum absolute atomic E-state index is 0.0447. The molecule has 0 heterocycles. The predicted octanol–water partition coefficient (Wildman–Crippen LogP) is 1.41. The summed E-state index contributed by atoms with van der Waals surface area (Å²) in [5.41, 5.74) is 6.75. The van der Waals surface area contributed by atoms with Crippen LogP contribution >= 0.6 is 0 Å². The summed E-state index contributed by atoms with van der Waals surface area (Å²) in [6.45, 7) is 2.75. The van der Waals surface area contributed by atoms with Gasteiger partial charge in [0.2, 0.25) is 0 Å². The molecule has 7 heteroatoms. The number of rotatable bonds is 7. The molecule has 0 radical (unpaired) electrons. The Morgan fingerprint density at radius 1 is 1.43 bits per heavy atom. The van der Waals surface area contributed by atoms with E-state index in [9.17, 15) is 10.1 Å². The molecule has 1 aromatic rings. The summed E-state index contributed by atoms with van der Waals surface area (Å²) >= 11 is 0. The van der Waals surface area contributed by atoms with Crippen LogP contribution < -0.4 is 10.5 Å². The molecule has 0 aliphatic heterocycles. The number of benzene rings is 1. The van der Waals surface area contributed by atoms with Gasteiger partial charge in [0.15, 0.2) is 5.75 Å². The van der Waals surface area contributed by atoms with E-state index in [-0.39, 0.29) is 29.7 Å². The molecule has 0 spiro atoms. The van der Waals surface area contributed by atoms with Gasteiger partial charge in [-0.3, -0.25) is 10.1 Å². The molecule has 21 heavy (non-hydrogen) atoms. The highest BCUT2D eigenvalue weighted by Crippen LogP contribution is 2.33. The first-order chi connectivity index (χ1) is 10.0. The number of hydrogen-bond acceptors (Lipinski definition) is 6. The van der Waals surface area contributed by atoms with Gasteiger partial charge in [0, 0.05) is 25.6 Å². The van der Waals surface area contributed by atoms with Crippen LogP contribution in [0.25, 0.3) is 0 Å². The first kappa shape index (κ1) is 15.7. The van der Waals surface area contributed by atoms with E-state index in [4.69, 9.17) is 19.9 Å². The second-order valence-corrected chi connectivity index (χ2v) is 5.11. The molecular formula is C14H20N2O5. The Balaban J connectivity index is 2.04. The third-order valence-electron chi connectivity index (χ3n) is 3.48. The Morgan fingerprint density at radius 3 is 2.81 bits per heavy atom. The van der Waals surface area contributed by atoms with Gasteiger partial charge in [0.1, 0.15) is 12.2 Å². The maximum Gasteiger partial charge on any atom is 0.310 e. The van der Waals surface area contributed by atoms with Crippen LogP contribution in [0.4, 0.5) is 5.69 Å². The average Bonchev–Trinajstić information content (AvgIpc) is 2.43. The van der Waals surface area contributed by atoms with Crippen molar-refractivity contribution in [2.24, 2.45) is 5.73 Å². The van der Waals surface area contributed by atoms with E-state index in [1.165, 1.54) is 6.07 Å². The standard InChI is InChI=1S/C14H20N2O5/c1-9-3-4-11(16(17)18)12(7-9)21-13-8-10(15)14(13)20-6-5-19-2/h3-4,7,10,13-14H,5-6,8,15H2,1-2H3. The van der Waals surface area contributed by atoms with Gasteiger partial charge in [-0.05, 0) is 18.6 Å². The molecule has 1 fully saturated rings. The van der Waals surface area contributed by atoms with Crippen molar-refractivity contribution in [1.82, 2.24) is 0 Å². The Morgan fingerprint density at radius 2 is 2.19 bits per heavy atom. The summed E-state index contributed by atoms with van der Waals surface area (Å²) < 4.78 is 16.3. The van der Waals surface area contributed by atoms with Crippen LogP contribution in [0.3, 0.4) is 0 Å². The van der Waals surface area contributed by atoms with E-state index < -0.39 is 4.92 Å². The van der Waals surface area contributed by atoms with Crippen LogP contribution in [0, 0.1) is 17.0 Å². The number of nitro benzene ring substituents is 1. The summed E-state index contributed by atoms with van der Waals surface area (Å²) in [4.78, 5) is 10.6. The molecule has 3 unspecified atom stereocenters. The Bertz CT molecular complexity index is 508. The van der Waals surface area contributed by atoms with E-state index in [1.54, 1.807) is 19.2 Å². The molecule has 1 saturated carbocycles. The van der Waals surface area contributed by atoms with E-state index in [1.807, 2.05) is 6.92 Å². The van der Waals surface area contributed by atoms with Crippen molar-refractivity contribution in [3.05, 3.63) is 33.9 Å². The predicted molar refractivity (Wildman–Crippen MR) is 76.5 cm³/mol. The zero-order valence-electron chi connectivity index (χ0n) is 12.2. The summed E-state index contributed by atoms with van der Waals surface area (Å²) in [7, 11) is 1.59. The van der Waals surface area contributed by atoms with E-state index >= 15 is 0 Å². The first-order valence-electron chi connectivity index (χ1n) is 6.80. The normalized spacial score (nSPS) is 24.4. The number of nitro groups is 1.